The molecule has 110 valence electrons. The Morgan fingerprint density at radius 2 is 2.20 bits per heavy atom. The van der Waals surface area contributed by atoms with Gasteiger partial charge in [0, 0.05) is 37.8 Å². The van der Waals surface area contributed by atoms with Gasteiger partial charge in [-0.1, -0.05) is 0 Å². The van der Waals surface area contributed by atoms with Crippen molar-refractivity contribution in [3.05, 3.63) is 11.8 Å². The standard InChI is InChI=1S/C13H20N4O3/c1-10-9-11(19-2)16-13(15-10)14-4-3-12(18)17-5-7-20-8-6-17/h9H,3-8H2,1-2H3,(H,14,15,16). The molecular formula is C13H20N4O3. The summed E-state index contributed by atoms with van der Waals surface area (Å²) in [5, 5.41) is 3.05. The van der Waals surface area contributed by atoms with Crippen LogP contribution in [0.5, 0.6) is 5.88 Å². The van der Waals surface area contributed by atoms with E-state index >= 15 is 0 Å². The van der Waals surface area contributed by atoms with Gasteiger partial charge in [-0.25, -0.2) is 4.98 Å². The third kappa shape index (κ3) is 4.06. The molecule has 0 unspecified atom stereocenters. The minimum Gasteiger partial charge on any atom is -0.481 e. The number of carbonyl (C=O) groups is 1. The predicted molar refractivity (Wildman–Crippen MR) is 73.8 cm³/mol. The first-order chi connectivity index (χ1) is 9.69. The fourth-order valence-corrected chi connectivity index (χ4v) is 1.98. The largest absolute Gasteiger partial charge is 0.481 e. The molecule has 20 heavy (non-hydrogen) atoms. The van der Waals surface area contributed by atoms with Crippen LogP contribution in [0, 0.1) is 6.92 Å². The van der Waals surface area contributed by atoms with Crippen LogP contribution in [0.25, 0.3) is 0 Å². The molecule has 7 heteroatoms. The van der Waals surface area contributed by atoms with Crippen molar-refractivity contribution in [1.29, 1.82) is 0 Å². The highest BCUT2D eigenvalue weighted by Gasteiger charge is 2.16. The molecule has 1 fully saturated rings. The molecule has 0 saturated carbocycles. The molecule has 2 heterocycles. The van der Waals surface area contributed by atoms with Crippen LogP contribution in [0.3, 0.4) is 0 Å². The highest BCUT2D eigenvalue weighted by atomic mass is 16.5. The smallest absolute Gasteiger partial charge is 0.226 e. The zero-order valence-electron chi connectivity index (χ0n) is 11.9. The second-order valence-electron chi connectivity index (χ2n) is 4.55. The highest BCUT2D eigenvalue weighted by Crippen LogP contribution is 2.11. The van der Waals surface area contributed by atoms with Gasteiger partial charge < -0.3 is 19.7 Å². The number of aryl methyl sites for hydroxylation is 1. The number of anilines is 1. The summed E-state index contributed by atoms with van der Waals surface area (Å²) in [7, 11) is 1.56. The van der Waals surface area contributed by atoms with Gasteiger partial charge >= 0.3 is 0 Å². The summed E-state index contributed by atoms with van der Waals surface area (Å²) in [6.45, 7) is 4.97. The van der Waals surface area contributed by atoms with E-state index in [9.17, 15) is 4.79 Å². The van der Waals surface area contributed by atoms with Gasteiger partial charge in [-0.2, -0.15) is 4.98 Å². The first-order valence-electron chi connectivity index (χ1n) is 6.68. The molecule has 1 saturated heterocycles. The van der Waals surface area contributed by atoms with Crippen molar-refractivity contribution in [1.82, 2.24) is 14.9 Å². The van der Waals surface area contributed by atoms with Gasteiger partial charge in [-0.3, -0.25) is 4.79 Å². The average molecular weight is 280 g/mol. The zero-order valence-corrected chi connectivity index (χ0v) is 11.9. The van der Waals surface area contributed by atoms with E-state index in [1.54, 1.807) is 13.2 Å². The fourth-order valence-electron chi connectivity index (χ4n) is 1.98. The Morgan fingerprint density at radius 3 is 2.90 bits per heavy atom. The second kappa shape index (κ2) is 7.04. The van der Waals surface area contributed by atoms with Crippen LogP contribution in [0.1, 0.15) is 12.1 Å². The number of hydrogen-bond donors (Lipinski definition) is 1. The molecule has 1 aromatic rings. The van der Waals surface area contributed by atoms with Crippen molar-refractivity contribution in [2.45, 2.75) is 13.3 Å². The highest BCUT2D eigenvalue weighted by molar-refractivity contribution is 5.76. The van der Waals surface area contributed by atoms with E-state index in [0.29, 0.717) is 51.1 Å². The van der Waals surface area contributed by atoms with Crippen molar-refractivity contribution in [2.75, 3.05) is 45.3 Å². The predicted octanol–water partition coefficient (Wildman–Crippen LogP) is 0.454. The molecule has 1 aromatic heterocycles. The Bertz CT molecular complexity index is 461. The minimum atomic E-state index is 0.125. The zero-order chi connectivity index (χ0) is 14.4. The number of nitrogens with zero attached hydrogens (tertiary/aromatic N) is 3. The summed E-state index contributed by atoms with van der Waals surface area (Å²) >= 11 is 0. The lowest BCUT2D eigenvalue weighted by atomic mass is 10.3. The lowest BCUT2D eigenvalue weighted by molar-refractivity contribution is -0.134. The van der Waals surface area contributed by atoms with E-state index < -0.39 is 0 Å². The molecule has 0 aromatic carbocycles. The van der Waals surface area contributed by atoms with Crippen molar-refractivity contribution in [3.63, 3.8) is 0 Å². The summed E-state index contributed by atoms with van der Waals surface area (Å²) in [5.74, 6) is 1.12. The molecular weight excluding hydrogens is 260 g/mol. The van der Waals surface area contributed by atoms with Crippen LogP contribution in [0.15, 0.2) is 6.07 Å². The van der Waals surface area contributed by atoms with E-state index in [0.717, 1.165) is 5.69 Å². The lowest BCUT2D eigenvalue weighted by Gasteiger charge is -2.26. The Kier molecular flexibility index (Phi) is 5.11. The van der Waals surface area contributed by atoms with E-state index in [1.165, 1.54) is 0 Å². The first kappa shape index (κ1) is 14.5. The third-order valence-electron chi connectivity index (χ3n) is 3.03. The summed E-state index contributed by atoms with van der Waals surface area (Å²) in [4.78, 5) is 22.2. The van der Waals surface area contributed by atoms with Crippen LogP contribution in [-0.4, -0.2) is 60.7 Å². The SMILES string of the molecule is COc1cc(C)nc(NCCC(=O)N2CCOCC2)n1. The second-order valence-corrected chi connectivity index (χ2v) is 4.55. The third-order valence-corrected chi connectivity index (χ3v) is 3.03. The number of carbonyl (C=O) groups excluding carboxylic acids is 1. The van der Waals surface area contributed by atoms with Crippen LogP contribution >= 0.6 is 0 Å². The van der Waals surface area contributed by atoms with Gasteiger partial charge in [-0.15, -0.1) is 0 Å². The summed E-state index contributed by atoms with van der Waals surface area (Å²) in [6, 6.07) is 1.75. The van der Waals surface area contributed by atoms with Crippen molar-refractivity contribution >= 4 is 11.9 Å². The van der Waals surface area contributed by atoms with E-state index in [1.807, 2.05) is 11.8 Å². The van der Waals surface area contributed by atoms with Gasteiger partial charge in [-0.05, 0) is 6.92 Å². The van der Waals surface area contributed by atoms with Gasteiger partial charge in [0.1, 0.15) is 0 Å². The van der Waals surface area contributed by atoms with E-state index in [-0.39, 0.29) is 5.91 Å². The number of nitrogens with one attached hydrogen (secondary N) is 1. The van der Waals surface area contributed by atoms with Crippen molar-refractivity contribution in [3.8, 4) is 5.88 Å². The fraction of sp³-hybridized carbons (Fsp3) is 0.615. The maximum Gasteiger partial charge on any atom is 0.226 e. The van der Waals surface area contributed by atoms with Gasteiger partial charge in [0.2, 0.25) is 17.7 Å². The molecule has 0 aliphatic carbocycles. The number of hydrogen-bond acceptors (Lipinski definition) is 6. The van der Waals surface area contributed by atoms with Crippen LogP contribution in [0.2, 0.25) is 0 Å². The lowest BCUT2D eigenvalue weighted by Crippen LogP contribution is -2.41. The summed E-state index contributed by atoms with van der Waals surface area (Å²) in [6.07, 6.45) is 0.416. The Morgan fingerprint density at radius 1 is 1.45 bits per heavy atom. The Hall–Kier alpha value is -1.89. The Labute approximate surface area is 118 Å². The van der Waals surface area contributed by atoms with Gasteiger partial charge in [0.25, 0.3) is 0 Å². The number of methoxy groups -OCH3 is 1. The number of amides is 1. The Balaban J connectivity index is 1.80. The molecule has 0 spiro atoms. The summed E-state index contributed by atoms with van der Waals surface area (Å²) < 4.78 is 10.3. The van der Waals surface area contributed by atoms with Crippen molar-refractivity contribution in [2.24, 2.45) is 0 Å². The van der Waals surface area contributed by atoms with Crippen LogP contribution in [-0.2, 0) is 9.53 Å². The van der Waals surface area contributed by atoms with E-state index in [2.05, 4.69) is 15.3 Å². The maximum atomic E-state index is 11.9. The average Bonchev–Trinajstić information content (AvgIpc) is 2.47. The molecule has 1 N–H and O–H groups in total. The number of morpholine rings is 1. The number of ether oxygens (including phenoxy) is 2. The molecule has 1 amide bonds. The molecule has 2 rings (SSSR count). The van der Waals surface area contributed by atoms with Gasteiger partial charge in [0.15, 0.2) is 0 Å². The molecule has 0 atom stereocenters. The first-order valence-corrected chi connectivity index (χ1v) is 6.68. The van der Waals surface area contributed by atoms with Crippen LogP contribution in [0.4, 0.5) is 5.95 Å². The molecule has 0 bridgehead atoms. The molecule has 1 aliphatic heterocycles. The van der Waals surface area contributed by atoms with E-state index in [4.69, 9.17) is 9.47 Å². The minimum absolute atomic E-state index is 0.125. The maximum absolute atomic E-state index is 11.9. The molecule has 1 aliphatic rings. The number of rotatable bonds is 5. The number of aromatic nitrogens is 2. The molecule has 7 nitrogen and oxygen atoms in total. The van der Waals surface area contributed by atoms with Crippen molar-refractivity contribution < 1.29 is 14.3 Å². The monoisotopic (exact) mass is 280 g/mol. The summed E-state index contributed by atoms with van der Waals surface area (Å²) in [5.41, 5.74) is 0.818. The van der Waals surface area contributed by atoms with Crippen LogP contribution < -0.4 is 10.1 Å². The normalized spacial score (nSPS) is 15.0. The molecule has 0 radical (unpaired) electrons. The van der Waals surface area contributed by atoms with Gasteiger partial charge in [0.05, 0.1) is 20.3 Å². The topological polar surface area (TPSA) is 76.6 Å². The quantitative estimate of drug-likeness (QED) is 0.844.